The summed E-state index contributed by atoms with van der Waals surface area (Å²) in [5.74, 6) is -1.34. The zero-order chi connectivity index (χ0) is 12.8. The summed E-state index contributed by atoms with van der Waals surface area (Å²) < 4.78 is 12.7. The highest BCUT2D eigenvalue weighted by Gasteiger charge is 2.11. The molecule has 0 heterocycles. The van der Waals surface area contributed by atoms with E-state index in [0.29, 0.717) is 6.54 Å². The van der Waals surface area contributed by atoms with Gasteiger partial charge in [0.05, 0.1) is 5.56 Å². The molecule has 0 saturated carbocycles. The Kier molecular flexibility index (Phi) is 5.22. The molecular formula is C12H15ClFNO2. The van der Waals surface area contributed by atoms with Gasteiger partial charge < -0.3 is 10.4 Å². The van der Waals surface area contributed by atoms with Gasteiger partial charge in [-0.15, -0.1) is 11.6 Å². The van der Waals surface area contributed by atoms with Crippen LogP contribution < -0.4 is 5.32 Å². The molecule has 1 amide bonds. The van der Waals surface area contributed by atoms with Gasteiger partial charge in [-0.3, -0.25) is 4.79 Å². The fraction of sp³-hybridized carbons (Fsp3) is 0.417. The van der Waals surface area contributed by atoms with Crippen LogP contribution >= 0.6 is 11.6 Å². The van der Waals surface area contributed by atoms with E-state index in [0.717, 1.165) is 25.0 Å². The highest BCUT2D eigenvalue weighted by atomic mass is 35.5. The van der Waals surface area contributed by atoms with Gasteiger partial charge in [-0.25, -0.2) is 4.39 Å². The number of hydrogen-bond acceptors (Lipinski definition) is 2. The first-order chi connectivity index (χ1) is 8.00. The van der Waals surface area contributed by atoms with Gasteiger partial charge in [0.25, 0.3) is 5.91 Å². The molecule has 1 aromatic rings. The molecule has 1 aromatic carbocycles. The molecule has 0 saturated heterocycles. The van der Waals surface area contributed by atoms with Crippen LogP contribution in [0.3, 0.4) is 0 Å². The van der Waals surface area contributed by atoms with Crippen molar-refractivity contribution < 1.29 is 14.3 Å². The molecule has 0 fully saturated rings. The summed E-state index contributed by atoms with van der Waals surface area (Å²) in [6.07, 6.45) is 1.57. The number of benzene rings is 1. The molecule has 17 heavy (non-hydrogen) atoms. The van der Waals surface area contributed by atoms with E-state index in [1.165, 1.54) is 6.07 Å². The highest BCUT2D eigenvalue weighted by Crippen LogP contribution is 2.17. The lowest BCUT2D eigenvalue weighted by Crippen LogP contribution is -2.24. The summed E-state index contributed by atoms with van der Waals surface area (Å²) in [5.41, 5.74) is 0.0744. The van der Waals surface area contributed by atoms with Crippen LogP contribution in [0.25, 0.3) is 0 Å². The molecule has 0 bridgehead atoms. The van der Waals surface area contributed by atoms with Gasteiger partial charge >= 0.3 is 0 Å². The first-order valence-corrected chi connectivity index (χ1v) is 5.85. The van der Waals surface area contributed by atoms with Crippen LogP contribution in [-0.2, 0) is 0 Å². The molecule has 2 N–H and O–H groups in total. The van der Waals surface area contributed by atoms with E-state index < -0.39 is 11.7 Å². The topological polar surface area (TPSA) is 49.3 Å². The second-order valence-electron chi connectivity index (χ2n) is 3.84. The van der Waals surface area contributed by atoms with Crippen LogP contribution in [0.5, 0.6) is 5.75 Å². The number of carbonyl (C=O) groups excluding carboxylic acids is 1. The van der Waals surface area contributed by atoms with Crippen molar-refractivity contribution in [2.24, 2.45) is 0 Å². The number of aromatic hydroxyl groups is 1. The first-order valence-electron chi connectivity index (χ1n) is 5.41. The van der Waals surface area contributed by atoms with E-state index in [4.69, 9.17) is 11.6 Å². The smallest absolute Gasteiger partial charge is 0.255 e. The van der Waals surface area contributed by atoms with E-state index >= 15 is 0 Å². The van der Waals surface area contributed by atoms with Gasteiger partial charge in [0.1, 0.15) is 11.6 Å². The van der Waals surface area contributed by atoms with Gasteiger partial charge in [-0.1, -0.05) is 0 Å². The van der Waals surface area contributed by atoms with Crippen molar-refractivity contribution >= 4 is 17.5 Å². The number of alkyl halides is 1. The van der Waals surface area contributed by atoms with Gasteiger partial charge in [-0.2, -0.15) is 0 Å². The zero-order valence-electron chi connectivity index (χ0n) is 9.54. The van der Waals surface area contributed by atoms with Gasteiger partial charge in [-0.05, 0) is 31.9 Å². The highest BCUT2D eigenvalue weighted by molar-refractivity contribution is 6.20. The fourth-order valence-electron chi connectivity index (χ4n) is 1.38. The third kappa shape index (κ3) is 4.61. The van der Waals surface area contributed by atoms with Crippen LogP contribution in [0, 0.1) is 5.82 Å². The van der Waals surface area contributed by atoms with Crippen molar-refractivity contribution in [2.45, 2.75) is 25.1 Å². The molecule has 0 aliphatic carbocycles. The Morgan fingerprint density at radius 1 is 1.59 bits per heavy atom. The van der Waals surface area contributed by atoms with E-state index in [1.54, 1.807) is 0 Å². The van der Waals surface area contributed by atoms with Crippen molar-refractivity contribution in [3.05, 3.63) is 29.6 Å². The van der Waals surface area contributed by atoms with E-state index in [1.807, 2.05) is 6.92 Å². The number of phenolic OH excluding ortho intramolecular Hbond substituents is 1. The molecule has 1 rings (SSSR count). The van der Waals surface area contributed by atoms with Crippen molar-refractivity contribution in [3.63, 3.8) is 0 Å². The maximum absolute atomic E-state index is 12.7. The van der Waals surface area contributed by atoms with Crippen LogP contribution in [0.1, 0.15) is 30.1 Å². The van der Waals surface area contributed by atoms with Gasteiger partial charge in [0.15, 0.2) is 0 Å². The third-order valence-corrected chi connectivity index (χ3v) is 2.49. The predicted octanol–water partition coefficient (Wildman–Crippen LogP) is 2.67. The molecule has 0 aliphatic rings. The average molecular weight is 260 g/mol. The van der Waals surface area contributed by atoms with Crippen LogP contribution in [0.15, 0.2) is 18.2 Å². The Bertz CT molecular complexity index is 396. The Labute approximate surface area is 105 Å². The van der Waals surface area contributed by atoms with Crippen molar-refractivity contribution in [3.8, 4) is 5.75 Å². The molecule has 3 nitrogen and oxygen atoms in total. The second-order valence-corrected chi connectivity index (χ2v) is 4.59. The molecule has 1 atom stereocenters. The van der Waals surface area contributed by atoms with E-state index in [-0.39, 0.29) is 16.7 Å². The summed E-state index contributed by atoms with van der Waals surface area (Å²) in [4.78, 5) is 11.6. The molecule has 0 aromatic heterocycles. The summed E-state index contributed by atoms with van der Waals surface area (Å²) in [6.45, 7) is 2.36. The Morgan fingerprint density at radius 2 is 2.29 bits per heavy atom. The van der Waals surface area contributed by atoms with Gasteiger partial charge in [0, 0.05) is 18.0 Å². The fourth-order valence-corrected chi connectivity index (χ4v) is 1.53. The number of carbonyl (C=O) groups is 1. The molecule has 5 heteroatoms. The van der Waals surface area contributed by atoms with Crippen molar-refractivity contribution in [2.75, 3.05) is 6.54 Å². The molecule has 0 aliphatic heterocycles. The Balaban J connectivity index is 2.47. The predicted molar refractivity (Wildman–Crippen MR) is 64.9 cm³/mol. The number of phenols is 1. The summed E-state index contributed by atoms with van der Waals surface area (Å²) >= 11 is 5.76. The van der Waals surface area contributed by atoms with E-state index in [2.05, 4.69) is 5.32 Å². The number of halogens is 2. The van der Waals surface area contributed by atoms with Crippen LogP contribution in [0.2, 0.25) is 0 Å². The standard InChI is InChI=1S/C12H15ClFNO2/c1-8(13)3-2-6-15-12(17)10-5-4-9(14)7-11(10)16/h4-5,7-8,16H,2-3,6H2,1H3,(H,15,17). The molecule has 0 spiro atoms. The first kappa shape index (κ1) is 13.8. The third-order valence-electron chi connectivity index (χ3n) is 2.27. The maximum Gasteiger partial charge on any atom is 0.255 e. The lowest BCUT2D eigenvalue weighted by molar-refractivity contribution is 0.0950. The Morgan fingerprint density at radius 3 is 2.88 bits per heavy atom. The largest absolute Gasteiger partial charge is 0.507 e. The minimum Gasteiger partial charge on any atom is -0.507 e. The average Bonchev–Trinajstić information content (AvgIpc) is 2.23. The summed E-state index contributed by atoms with van der Waals surface area (Å²) in [6, 6.07) is 3.30. The molecule has 94 valence electrons. The second kappa shape index (κ2) is 6.45. The van der Waals surface area contributed by atoms with Crippen LogP contribution in [0.4, 0.5) is 4.39 Å². The van der Waals surface area contributed by atoms with Gasteiger partial charge in [0.2, 0.25) is 0 Å². The monoisotopic (exact) mass is 259 g/mol. The van der Waals surface area contributed by atoms with Crippen LogP contribution in [-0.4, -0.2) is 22.9 Å². The maximum atomic E-state index is 12.7. The number of nitrogens with one attached hydrogen (secondary N) is 1. The minimum atomic E-state index is -0.574. The van der Waals surface area contributed by atoms with E-state index in [9.17, 15) is 14.3 Å². The van der Waals surface area contributed by atoms with Crippen molar-refractivity contribution in [1.29, 1.82) is 0 Å². The zero-order valence-corrected chi connectivity index (χ0v) is 10.3. The lowest BCUT2D eigenvalue weighted by Gasteiger charge is -2.07. The summed E-state index contributed by atoms with van der Waals surface area (Å²) in [7, 11) is 0. The number of amides is 1. The van der Waals surface area contributed by atoms with Crippen molar-refractivity contribution in [1.82, 2.24) is 5.32 Å². The number of hydrogen-bond donors (Lipinski definition) is 2. The number of rotatable bonds is 5. The summed E-state index contributed by atoms with van der Waals surface area (Å²) in [5, 5.41) is 12.1. The molecule has 1 unspecified atom stereocenters. The molecule has 0 radical (unpaired) electrons. The SMILES string of the molecule is CC(Cl)CCCNC(=O)c1ccc(F)cc1O. The normalized spacial score (nSPS) is 12.2. The lowest BCUT2D eigenvalue weighted by atomic mass is 10.2. The molecular weight excluding hydrogens is 245 g/mol. The minimum absolute atomic E-state index is 0.0744. The quantitative estimate of drug-likeness (QED) is 0.631. The Hall–Kier alpha value is -1.29.